The summed E-state index contributed by atoms with van der Waals surface area (Å²) in [7, 11) is 0. The van der Waals surface area contributed by atoms with E-state index in [2.05, 4.69) is 5.10 Å². The summed E-state index contributed by atoms with van der Waals surface area (Å²) in [6, 6.07) is 6.35. The van der Waals surface area contributed by atoms with Gasteiger partial charge >= 0.3 is 0 Å². The number of hydrogen-bond donors (Lipinski definition) is 1. The number of benzene rings is 1. The molecular formula is C11H10ClN3O. The fourth-order valence-corrected chi connectivity index (χ4v) is 1.68. The molecule has 1 heterocycles. The van der Waals surface area contributed by atoms with Gasteiger partial charge in [-0.2, -0.15) is 9.78 Å². The molecule has 0 spiro atoms. The molecule has 0 saturated carbocycles. The minimum Gasteiger partial charge on any atom is -0.398 e. The molecular weight excluding hydrogens is 226 g/mol. The van der Waals surface area contributed by atoms with Crippen LogP contribution in [0.15, 0.2) is 35.3 Å². The van der Waals surface area contributed by atoms with Gasteiger partial charge in [-0.15, -0.1) is 0 Å². The summed E-state index contributed by atoms with van der Waals surface area (Å²) in [4.78, 5) is 11.6. The van der Waals surface area contributed by atoms with Gasteiger partial charge in [0.05, 0.1) is 10.7 Å². The van der Waals surface area contributed by atoms with E-state index in [1.54, 1.807) is 18.2 Å². The molecule has 2 aromatic rings. The minimum absolute atomic E-state index is 0.243. The Morgan fingerprint density at radius 3 is 2.88 bits per heavy atom. The van der Waals surface area contributed by atoms with Crippen molar-refractivity contribution in [3.63, 3.8) is 0 Å². The van der Waals surface area contributed by atoms with Crippen LogP contribution < -0.4 is 11.3 Å². The fraction of sp³-hybridized carbons (Fsp3) is 0.0909. The van der Waals surface area contributed by atoms with Gasteiger partial charge < -0.3 is 5.73 Å². The van der Waals surface area contributed by atoms with Crippen LogP contribution in [0.4, 0.5) is 5.69 Å². The topological polar surface area (TPSA) is 60.9 Å². The van der Waals surface area contributed by atoms with E-state index in [0.29, 0.717) is 16.4 Å². The monoisotopic (exact) mass is 235 g/mol. The Bertz CT molecular complexity index is 592. The minimum atomic E-state index is -0.243. The van der Waals surface area contributed by atoms with E-state index in [4.69, 9.17) is 17.3 Å². The van der Waals surface area contributed by atoms with Crippen LogP contribution in [-0.4, -0.2) is 9.78 Å². The number of aryl methyl sites for hydroxylation is 1. The molecule has 0 amide bonds. The Kier molecular flexibility index (Phi) is 2.66. The second-order valence-electron chi connectivity index (χ2n) is 3.43. The van der Waals surface area contributed by atoms with Crippen molar-refractivity contribution in [1.82, 2.24) is 9.78 Å². The predicted molar refractivity (Wildman–Crippen MR) is 64.0 cm³/mol. The van der Waals surface area contributed by atoms with Crippen LogP contribution in [0.1, 0.15) is 5.56 Å². The van der Waals surface area contributed by atoms with Crippen LogP contribution >= 0.6 is 11.6 Å². The summed E-state index contributed by atoms with van der Waals surface area (Å²) in [5, 5.41) is 4.40. The normalized spacial score (nSPS) is 10.4. The molecule has 0 bridgehead atoms. The Balaban J connectivity index is 2.70. The highest BCUT2D eigenvalue weighted by Crippen LogP contribution is 2.24. The molecule has 0 aliphatic rings. The molecule has 0 aliphatic heterocycles. The number of rotatable bonds is 1. The third-order valence-corrected chi connectivity index (χ3v) is 2.58. The maximum atomic E-state index is 11.6. The van der Waals surface area contributed by atoms with Crippen molar-refractivity contribution in [3.05, 3.63) is 51.4 Å². The molecule has 0 aliphatic carbocycles. The lowest BCUT2D eigenvalue weighted by atomic mass is 10.2. The van der Waals surface area contributed by atoms with Crippen LogP contribution in [0, 0.1) is 6.92 Å². The first-order valence-corrected chi connectivity index (χ1v) is 5.08. The molecule has 0 atom stereocenters. The zero-order valence-electron chi connectivity index (χ0n) is 8.64. The number of halogens is 1. The van der Waals surface area contributed by atoms with E-state index in [1.165, 1.54) is 16.9 Å². The van der Waals surface area contributed by atoms with E-state index >= 15 is 0 Å². The maximum absolute atomic E-state index is 11.6. The zero-order valence-corrected chi connectivity index (χ0v) is 9.40. The van der Waals surface area contributed by atoms with Crippen molar-refractivity contribution in [2.45, 2.75) is 6.92 Å². The zero-order chi connectivity index (χ0) is 11.7. The molecule has 2 N–H and O–H groups in total. The van der Waals surface area contributed by atoms with Gasteiger partial charge in [-0.3, -0.25) is 4.79 Å². The molecule has 0 radical (unpaired) electrons. The molecule has 1 aromatic carbocycles. The first-order chi connectivity index (χ1) is 7.59. The van der Waals surface area contributed by atoms with Crippen LogP contribution in [0.2, 0.25) is 5.02 Å². The lowest BCUT2D eigenvalue weighted by Gasteiger charge is -2.08. The van der Waals surface area contributed by atoms with E-state index in [0.717, 1.165) is 5.56 Å². The Hall–Kier alpha value is -1.81. The first kappa shape index (κ1) is 10.7. The highest BCUT2D eigenvalue weighted by atomic mass is 35.5. The number of anilines is 1. The maximum Gasteiger partial charge on any atom is 0.271 e. The Labute approximate surface area is 97.3 Å². The summed E-state index contributed by atoms with van der Waals surface area (Å²) in [5.74, 6) is 0. The average Bonchev–Trinajstić information content (AvgIpc) is 2.25. The molecule has 1 aromatic heterocycles. The van der Waals surface area contributed by atoms with Gasteiger partial charge in [0, 0.05) is 18.0 Å². The number of aromatic nitrogens is 2. The van der Waals surface area contributed by atoms with Crippen LogP contribution in [0.3, 0.4) is 0 Å². The molecule has 0 unspecified atom stereocenters. The van der Waals surface area contributed by atoms with E-state index in [9.17, 15) is 4.79 Å². The van der Waals surface area contributed by atoms with E-state index in [1.807, 2.05) is 6.92 Å². The first-order valence-electron chi connectivity index (χ1n) is 4.70. The van der Waals surface area contributed by atoms with E-state index in [-0.39, 0.29) is 5.56 Å². The lowest BCUT2D eigenvalue weighted by molar-refractivity contribution is 0.807. The summed E-state index contributed by atoms with van der Waals surface area (Å²) < 4.78 is 1.22. The molecule has 5 heteroatoms. The summed E-state index contributed by atoms with van der Waals surface area (Å²) >= 11 is 6.05. The van der Waals surface area contributed by atoms with Crippen molar-refractivity contribution in [3.8, 4) is 5.69 Å². The van der Waals surface area contributed by atoms with Gasteiger partial charge in [0.15, 0.2) is 0 Å². The van der Waals surface area contributed by atoms with Crippen LogP contribution in [0.25, 0.3) is 5.69 Å². The average molecular weight is 236 g/mol. The predicted octanol–water partition coefficient (Wildman–Crippen LogP) is 1.78. The van der Waals surface area contributed by atoms with Gasteiger partial charge in [-0.05, 0) is 30.7 Å². The molecule has 0 fully saturated rings. The third-order valence-electron chi connectivity index (χ3n) is 2.28. The van der Waals surface area contributed by atoms with Crippen molar-refractivity contribution >= 4 is 17.3 Å². The number of hydrogen-bond acceptors (Lipinski definition) is 3. The summed E-state index contributed by atoms with van der Waals surface area (Å²) in [5.41, 5.74) is 7.48. The molecule has 16 heavy (non-hydrogen) atoms. The van der Waals surface area contributed by atoms with Crippen molar-refractivity contribution in [2.75, 3.05) is 5.73 Å². The quantitative estimate of drug-likeness (QED) is 0.767. The second-order valence-corrected chi connectivity index (χ2v) is 3.84. The Morgan fingerprint density at radius 2 is 2.19 bits per heavy atom. The number of nitrogen functional groups attached to an aromatic ring is 1. The summed E-state index contributed by atoms with van der Waals surface area (Å²) in [6.45, 7) is 1.85. The van der Waals surface area contributed by atoms with Gasteiger partial charge in [0.1, 0.15) is 0 Å². The standard InChI is InChI=1S/C11H10ClN3O/c1-7-5-8(12)10(6-9(7)13)15-11(16)3-2-4-14-15/h2-6H,13H2,1H3. The lowest BCUT2D eigenvalue weighted by Crippen LogP contribution is -2.19. The van der Waals surface area contributed by atoms with E-state index < -0.39 is 0 Å². The highest BCUT2D eigenvalue weighted by Gasteiger charge is 2.07. The second kappa shape index (κ2) is 3.98. The SMILES string of the molecule is Cc1cc(Cl)c(-n2ncccc2=O)cc1N. The van der Waals surface area contributed by atoms with Gasteiger partial charge in [0.2, 0.25) is 0 Å². The Morgan fingerprint density at radius 1 is 1.44 bits per heavy atom. The molecule has 2 rings (SSSR count). The molecule has 0 saturated heterocycles. The van der Waals surface area contributed by atoms with Crippen LogP contribution in [0.5, 0.6) is 0 Å². The fourth-order valence-electron chi connectivity index (χ4n) is 1.38. The van der Waals surface area contributed by atoms with Gasteiger partial charge in [-0.1, -0.05) is 11.6 Å². The van der Waals surface area contributed by atoms with Crippen molar-refractivity contribution in [2.24, 2.45) is 0 Å². The van der Waals surface area contributed by atoms with Crippen molar-refractivity contribution < 1.29 is 0 Å². The molecule has 4 nitrogen and oxygen atoms in total. The highest BCUT2D eigenvalue weighted by molar-refractivity contribution is 6.32. The van der Waals surface area contributed by atoms with Gasteiger partial charge in [0.25, 0.3) is 5.56 Å². The summed E-state index contributed by atoms with van der Waals surface area (Å²) in [6.07, 6.45) is 1.52. The third kappa shape index (κ3) is 1.79. The largest absolute Gasteiger partial charge is 0.398 e. The van der Waals surface area contributed by atoms with Gasteiger partial charge in [-0.25, -0.2) is 0 Å². The smallest absolute Gasteiger partial charge is 0.271 e. The molecule has 82 valence electrons. The van der Waals surface area contributed by atoms with Crippen molar-refractivity contribution in [1.29, 1.82) is 0 Å². The van der Waals surface area contributed by atoms with Crippen LogP contribution in [-0.2, 0) is 0 Å². The number of nitrogens with two attached hydrogens (primary N) is 1. The number of nitrogens with zero attached hydrogens (tertiary/aromatic N) is 2.